The number of hydrogen-bond donors (Lipinski definition) is 1. The summed E-state index contributed by atoms with van der Waals surface area (Å²) in [6.07, 6.45) is -0.477. The van der Waals surface area contributed by atoms with E-state index in [-0.39, 0.29) is 0 Å². The first-order chi connectivity index (χ1) is 25.3. The summed E-state index contributed by atoms with van der Waals surface area (Å²) in [5.74, 6) is 1.55. The number of fused-ring (bicyclic) bond motifs is 13. The molecule has 11 rings (SSSR count). The van der Waals surface area contributed by atoms with Gasteiger partial charge in [-0.25, -0.2) is 9.98 Å². The number of rotatable bonds is 2. The first kappa shape index (κ1) is 28.1. The number of amidine groups is 1. The maximum atomic E-state index is 5.56. The van der Waals surface area contributed by atoms with Crippen molar-refractivity contribution in [3.8, 4) is 0 Å². The summed E-state index contributed by atoms with van der Waals surface area (Å²) in [5.41, 5.74) is 4.33. The van der Waals surface area contributed by atoms with Gasteiger partial charge in [0.15, 0.2) is 6.17 Å². The van der Waals surface area contributed by atoms with Crippen molar-refractivity contribution in [3.05, 3.63) is 181 Å². The van der Waals surface area contributed by atoms with Crippen LogP contribution in [-0.2, 0) is 0 Å². The highest BCUT2D eigenvalue weighted by molar-refractivity contribution is 6.38. The highest BCUT2D eigenvalue weighted by Gasteiger charge is 2.27. The molecule has 1 aliphatic heterocycles. The Labute approximate surface area is 293 Å². The van der Waals surface area contributed by atoms with Crippen LogP contribution in [0.25, 0.3) is 75.7 Å². The molecule has 9 aromatic carbocycles. The van der Waals surface area contributed by atoms with E-state index in [4.69, 9.17) is 9.98 Å². The van der Waals surface area contributed by atoms with E-state index in [0.29, 0.717) is 0 Å². The van der Waals surface area contributed by atoms with Crippen LogP contribution in [0.1, 0.15) is 17.3 Å². The molecule has 238 valence electrons. The number of hydrogen-bond acceptors (Lipinski definition) is 3. The third-order valence-electron chi connectivity index (χ3n) is 10.6. The number of benzene rings is 9. The topological polar surface area (TPSA) is 41.7 Å². The normalized spacial score (nSPS) is 14.9. The molecule has 1 aliphatic rings. The quantitative estimate of drug-likeness (QED) is 0.186. The summed E-state index contributed by atoms with van der Waals surface area (Å²) >= 11 is 0. The Morgan fingerprint density at radius 1 is 0.431 bits per heavy atom. The molecule has 1 N–H and O–H groups in total. The Morgan fingerprint density at radius 2 is 1.04 bits per heavy atom. The van der Waals surface area contributed by atoms with Gasteiger partial charge in [-0.2, -0.15) is 0 Å². The van der Waals surface area contributed by atoms with Crippen molar-refractivity contribution in [2.24, 2.45) is 9.98 Å². The largest absolute Gasteiger partial charge is 0.310 e. The summed E-state index contributed by atoms with van der Waals surface area (Å²) in [5, 5.41) is 18.4. The zero-order valence-corrected chi connectivity index (χ0v) is 27.6. The summed E-state index contributed by atoms with van der Waals surface area (Å²) in [7, 11) is 0. The highest BCUT2D eigenvalue weighted by atomic mass is 15.3. The van der Waals surface area contributed by atoms with Gasteiger partial charge in [-0.15, -0.1) is 0 Å². The molecular formula is C47H30N4. The van der Waals surface area contributed by atoms with Crippen molar-refractivity contribution in [1.82, 2.24) is 9.88 Å². The van der Waals surface area contributed by atoms with Crippen LogP contribution in [0.4, 0.5) is 0 Å². The second kappa shape index (κ2) is 10.9. The summed E-state index contributed by atoms with van der Waals surface area (Å²) in [6, 6.07) is 60.8. The average Bonchev–Trinajstić information content (AvgIpc) is 3.56. The fourth-order valence-electron chi connectivity index (χ4n) is 8.39. The molecule has 0 spiro atoms. The minimum Gasteiger partial charge on any atom is -0.310 e. The lowest BCUT2D eigenvalue weighted by atomic mass is 9.93. The second-order valence-electron chi connectivity index (χ2n) is 13.4. The van der Waals surface area contributed by atoms with Gasteiger partial charge in [0.2, 0.25) is 5.96 Å². The van der Waals surface area contributed by atoms with Crippen LogP contribution in [0.3, 0.4) is 0 Å². The zero-order valence-electron chi connectivity index (χ0n) is 27.6. The lowest BCUT2D eigenvalue weighted by molar-refractivity contribution is 0.752. The fourth-order valence-corrected chi connectivity index (χ4v) is 8.39. The van der Waals surface area contributed by atoms with Gasteiger partial charge in [0.1, 0.15) is 5.84 Å². The monoisotopic (exact) mass is 650 g/mol. The molecule has 1 atom stereocenters. The minimum absolute atomic E-state index is 0.477. The van der Waals surface area contributed by atoms with E-state index in [0.717, 1.165) is 39.3 Å². The van der Waals surface area contributed by atoms with Crippen molar-refractivity contribution in [2.75, 3.05) is 0 Å². The predicted molar refractivity (Wildman–Crippen MR) is 215 cm³/mol. The molecule has 0 aliphatic carbocycles. The van der Waals surface area contributed by atoms with Gasteiger partial charge in [0.25, 0.3) is 0 Å². The number of nitrogens with one attached hydrogen (secondary N) is 1. The van der Waals surface area contributed by atoms with Crippen molar-refractivity contribution in [1.29, 1.82) is 0 Å². The molecule has 0 saturated carbocycles. The van der Waals surface area contributed by atoms with Gasteiger partial charge >= 0.3 is 0 Å². The predicted octanol–water partition coefficient (Wildman–Crippen LogP) is 11.5. The Kier molecular flexibility index (Phi) is 5.98. The van der Waals surface area contributed by atoms with Gasteiger partial charge < -0.3 is 5.32 Å². The van der Waals surface area contributed by atoms with Crippen LogP contribution in [0.15, 0.2) is 180 Å². The summed E-state index contributed by atoms with van der Waals surface area (Å²) in [6.45, 7) is 0. The first-order valence-electron chi connectivity index (χ1n) is 17.5. The maximum Gasteiger partial charge on any atom is 0.211 e. The van der Waals surface area contributed by atoms with Gasteiger partial charge in [0.05, 0.1) is 11.0 Å². The molecular weight excluding hydrogens is 621 g/mol. The molecule has 0 fully saturated rings. The smallest absolute Gasteiger partial charge is 0.211 e. The van der Waals surface area contributed by atoms with E-state index in [2.05, 4.69) is 174 Å². The molecule has 51 heavy (non-hydrogen) atoms. The Bertz CT molecular complexity index is 3110. The second-order valence-corrected chi connectivity index (χ2v) is 13.4. The molecule has 1 unspecified atom stereocenters. The molecule has 0 radical (unpaired) electrons. The van der Waals surface area contributed by atoms with E-state index in [1.807, 2.05) is 6.07 Å². The Morgan fingerprint density at radius 3 is 1.84 bits per heavy atom. The van der Waals surface area contributed by atoms with E-state index in [1.165, 1.54) is 59.2 Å². The summed E-state index contributed by atoms with van der Waals surface area (Å²) < 4.78 is 2.35. The van der Waals surface area contributed by atoms with Crippen molar-refractivity contribution >= 4 is 87.5 Å². The van der Waals surface area contributed by atoms with Gasteiger partial charge in [-0.3, -0.25) is 4.57 Å². The lowest BCUT2D eigenvalue weighted by Crippen LogP contribution is -2.39. The molecule has 0 bridgehead atoms. The molecule has 4 heteroatoms. The third kappa shape index (κ3) is 4.14. The molecule has 4 nitrogen and oxygen atoms in total. The van der Waals surface area contributed by atoms with E-state index < -0.39 is 6.17 Å². The lowest BCUT2D eigenvalue weighted by Gasteiger charge is -2.25. The van der Waals surface area contributed by atoms with Crippen LogP contribution in [0.5, 0.6) is 0 Å². The van der Waals surface area contributed by atoms with Crippen molar-refractivity contribution < 1.29 is 0 Å². The molecule has 0 saturated heterocycles. The van der Waals surface area contributed by atoms with E-state index in [1.54, 1.807) is 0 Å². The van der Waals surface area contributed by atoms with Crippen LogP contribution in [-0.4, -0.2) is 16.4 Å². The Balaban J connectivity index is 1.28. The number of nitrogens with zero attached hydrogens (tertiary/aromatic N) is 3. The average molecular weight is 651 g/mol. The van der Waals surface area contributed by atoms with Gasteiger partial charge in [0, 0.05) is 32.7 Å². The summed E-state index contributed by atoms with van der Waals surface area (Å²) in [4.78, 5) is 10.9. The first-order valence-corrected chi connectivity index (χ1v) is 17.5. The van der Waals surface area contributed by atoms with Crippen molar-refractivity contribution in [2.45, 2.75) is 6.17 Å². The Hall–Kier alpha value is -6.78. The molecule has 0 amide bonds. The SMILES string of the molecule is c1ccc(C2=NC(c3cc4ccccc4c4ccccc34)N=C(n3c4ccccc4c4c5c6ccccc6ccc5c5ccccc5c43)N2)cc1. The zero-order chi connectivity index (χ0) is 33.5. The molecule has 10 aromatic rings. The van der Waals surface area contributed by atoms with Crippen LogP contribution in [0, 0.1) is 0 Å². The van der Waals surface area contributed by atoms with Crippen LogP contribution in [0.2, 0.25) is 0 Å². The number of aromatic nitrogens is 1. The van der Waals surface area contributed by atoms with Gasteiger partial charge in [-0.05, 0) is 55.2 Å². The molecule has 1 aromatic heterocycles. The highest BCUT2D eigenvalue weighted by Crippen LogP contribution is 2.44. The van der Waals surface area contributed by atoms with E-state index in [9.17, 15) is 0 Å². The molecule has 2 heterocycles. The number of aliphatic imine (C=N–C) groups is 2. The number of para-hydroxylation sites is 1. The minimum atomic E-state index is -0.477. The van der Waals surface area contributed by atoms with Crippen molar-refractivity contribution in [3.63, 3.8) is 0 Å². The third-order valence-corrected chi connectivity index (χ3v) is 10.6. The fraction of sp³-hybridized carbons (Fsp3) is 0.0213. The van der Waals surface area contributed by atoms with E-state index >= 15 is 0 Å². The maximum absolute atomic E-state index is 5.56. The van der Waals surface area contributed by atoms with Gasteiger partial charge in [-0.1, -0.05) is 158 Å². The standard InChI is InChI=1S/C47H30N4/c1-2-15-30(16-3-1)45-48-46(40-28-31-17-5-6-18-32(31)34-20-8-9-21-35(34)40)50-47(49-45)51-41-25-13-12-24-39(41)43-42-33-19-7-4-14-29(33)26-27-37(42)36-22-10-11-23-38(36)44(43)51/h1-28,46H,(H,48,49,50). The van der Waals surface area contributed by atoms with Crippen LogP contribution >= 0.6 is 0 Å². The van der Waals surface area contributed by atoms with Crippen LogP contribution < -0.4 is 5.32 Å².